The van der Waals surface area contributed by atoms with E-state index in [-0.39, 0.29) is 0 Å². The molecule has 21 heavy (non-hydrogen) atoms. The fourth-order valence-corrected chi connectivity index (χ4v) is 3.66. The number of fused-ring (bicyclic) bond motifs is 1. The van der Waals surface area contributed by atoms with Crippen LogP contribution in [0.5, 0.6) is 0 Å². The lowest BCUT2D eigenvalue weighted by Gasteiger charge is -2.38. The number of hydrogen-bond acceptors (Lipinski definition) is 1. The highest BCUT2D eigenvalue weighted by Crippen LogP contribution is 2.45. The van der Waals surface area contributed by atoms with Crippen LogP contribution < -0.4 is 5.32 Å². The Bertz CT molecular complexity index is 663. The molecule has 0 saturated heterocycles. The maximum atomic E-state index is 6.54. The van der Waals surface area contributed by atoms with Crippen LogP contribution in [-0.4, -0.2) is 6.54 Å². The number of likely N-dealkylation sites (N-methyl/N-ethyl adjacent to an activating group) is 1. The van der Waals surface area contributed by atoms with Crippen molar-refractivity contribution in [1.82, 2.24) is 5.32 Å². The predicted molar refractivity (Wildman–Crippen MR) is 90.2 cm³/mol. The van der Waals surface area contributed by atoms with E-state index in [4.69, 9.17) is 11.6 Å². The molecule has 110 valence electrons. The third kappa shape index (κ3) is 2.61. The van der Waals surface area contributed by atoms with Crippen LogP contribution in [0.4, 0.5) is 0 Å². The highest BCUT2D eigenvalue weighted by atomic mass is 35.5. The molecule has 1 nitrogen and oxygen atoms in total. The van der Waals surface area contributed by atoms with Crippen LogP contribution in [0.25, 0.3) is 0 Å². The Morgan fingerprint density at radius 3 is 2.62 bits per heavy atom. The lowest BCUT2D eigenvalue weighted by molar-refractivity contribution is 0.419. The number of halogens is 1. The number of aryl methyl sites for hydroxylation is 2. The van der Waals surface area contributed by atoms with Gasteiger partial charge in [0.05, 0.1) is 0 Å². The van der Waals surface area contributed by atoms with Crippen molar-refractivity contribution in [3.63, 3.8) is 0 Å². The summed E-state index contributed by atoms with van der Waals surface area (Å²) in [7, 11) is 0. The summed E-state index contributed by atoms with van der Waals surface area (Å²) in [6.45, 7) is 7.39. The van der Waals surface area contributed by atoms with E-state index < -0.39 is 0 Å². The average Bonchev–Trinajstić information content (AvgIpc) is 2.43. The molecular formula is C19H22ClN. The van der Waals surface area contributed by atoms with E-state index >= 15 is 0 Å². The summed E-state index contributed by atoms with van der Waals surface area (Å²) in [6, 6.07) is 13.4. The minimum atomic E-state index is 0.303. The molecule has 0 saturated carbocycles. The van der Waals surface area contributed by atoms with Gasteiger partial charge in [0.15, 0.2) is 0 Å². The van der Waals surface area contributed by atoms with E-state index in [2.05, 4.69) is 62.5 Å². The zero-order valence-electron chi connectivity index (χ0n) is 12.9. The van der Waals surface area contributed by atoms with Gasteiger partial charge in [0.1, 0.15) is 0 Å². The molecule has 2 aromatic rings. The normalized spacial score (nSPS) is 18.0. The molecule has 0 aliphatic heterocycles. The lowest BCUT2D eigenvalue weighted by atomic mass is 9.71. The van der Waals surface area contributed by atoms with Crippen molar-refractivity contribution >= 4 is 11.6 Å². The van der Waals surface area contributed by atoms with Gasteiger partial charge in [-0.05, 0) is 60.7 Å². The Morgan fingerprint density at radius 2 is 1.90 bits per heavy atom. The van der Waals surface area contributed by atoms with Gasteiger partial charge < -0.3 is 5.32 Å². The Morgan fingerprint density at radius 1 is 1.19 bits per heavy atom. The van der Waals surface area contributed by atoms with Crippen LogP contribution in [0.3, 0.4) is 0 Å². The zero-order chi connectivity index (χ0) is 15.0. The number of nitrogens with one attached hydrogen (secondary N) is 1. The molecule has 2 atom stereocenters. The number of rotatable bonds is 4. The molecule has 1 aliphatic carbocycles. The molecule has 0 aromatic heterocycles. The Balaban J connectivity index is 1.99. The lowest BCUT2D eigenvalue weighted by Crippen LogP contribution is -2.33. The second-order valence-electron chi connectivity index (χ2n) is 6.00. The van der Waals surface area contributed by atoms with Crippen molar-refractivity contribution in [1.29, 1.82) is 0 Å². The van der Waals surface area contributed by atoms with Gasteiger partial charge in [0, 0.05) is 17.0 Å². The van der Waals surface area contributed by atoms with Gasteiger partial charge in [-0.25, -0.2) is 0 Å². The van der Waals surface area contributed by atoms with Crippen LogP contribution in [0.15, 0.2) is 36.4 Å². The standard InChI is InChI=1S/C19H22ClN/c1-4-21-19(16-11-14-7-5-6-8-15(14)16)17-9-12(2)13(3)10-18(17)20/h5-10,16,19,21H,4,11H2,1-3H3. The summed E-state index contributed by atoms with van der Waals surface area (Å²) < 4.78 is 0. The van der Waals surface area contributed by atoms with Crippen molar-refractivity contribution in [3.8, 4) is 0 Å². The molecule has 2 aromatic carbocycles. The highest BCUT2D eigenvalue weighted by Gasteiger charge is 2.34. The van der Waals surface area contributed by atoms with E-state index in [9.17, 15) is 0 Å². The largest absolute Gasteiger partial charge is 0.310 e. The molecule has 2 heteroatoms. The first kappa shape index (κ1) is 14.6. The van der Waals surface area contributed by atoms with Crippen molar-refractivity contribution < 1.29 is 0 Å². The highest BCUT2D eigenvalue weighted by molar-refractivity contribution is 6.31. The summed E-state index contributed by atoms with van der Waals surface area (Å²) in [5.74, 6) is 0.528. The Hall–Kier alpha value is -1.31. The Kier molecular flexibility index (Phi) is 4.05. The second kappa shape index (κ2) is 5.82. The van der Waals surface area contributed by atoms with Gasteiger partial charge in [-0.2, -0.15) is 0 Å². The van der Waals surface area contributed by atoms with Gasteiger partial charge in [0.25, 0.3) is 0 Å². The summed E-state index contributed by atoms with van der Waals surface area (Å²) in [6.07, 6.45) is 1.14. The van der Waals surface area contributed by atoms with E-state index in [0.717, 1.165) is 18.0 Å². The second-order valence-corrected chi connectivity index (χ2v) is 6.41. The third-order valence-electron chi connectivity index (χ3n) is 4.67. The number of hydrogen-bond donors (Lipinski definition) is 1. The number of benzene rings is 2. The molecule has 0 amide bonds. The average molecular weight is 300 g/mol. The van der Waals surface area contributed by atoms with Crippen molar-refractivity contribution in [3.05, 3.63) is 69.2 Å². The van der Waals surface area contributed by atoms with Gasteiger partial charge >= 0.3 is 0 Å². The molecule has 3 rings (SSSR count). The molecule has 0 radical (unpaired) electrons. The minimum absolute atomic E-state index is 0.303. The molecule has 2 unspecified atom stereocenters. The van der Waals surface area contributed by atoms with E-state index in [1.807, 2.05) is 0 Å². The first-order chi connectivity index (χ1) is 10.1. The van der Waals surface area contributed by atoms with Gasteiger partial charge in [-0.3, -0.25) is 0 Å². The SMILES string of the molecule is CCNC(c1cc(C)c(C)cc1Cl)C1Cc2ccccc21. The monoisotopic (exact) mass is 299 g/mol. The van der Waals surface area contributed by atoms with Crippen molar-refractivity contribution in [2.45, 2.75) is 39.2 Å². The molecule has 1 N–H and O–H groups in total. The fraction of sp³-hybridized carbons (Fsp3) is 0.368. The topological polar surface area (TPSA) is 12.0 Å². The van der Waals surface area contributed by atoms with Gasteiger partial charge in [-0.1, -0.05) is 48.9 Å². The molecule has 1 aliphatic rings. The smallest absolute Gasteiger partial charge is 0.0456 e. The molecular weight excluding hydrogens is 278 g/mol. The van der Waals surface area contributed by atoms with E-state index in [1.165, 1.54) is 27.8 Å². The van der Waals surface area contributed by atoms with Crippen LogP contribution in [0.1, 0.15) is 46.7 Å². The molecule has 0 fully saturated rings. The maximum Gasteiger partial charge on any atom is 0.0456 e. The summed E-state index contributed by atoms with van der Waals surface area (Å²) >= 11 is 6.54. The predicted octanol–water partition coefficient (Wildman–Crippen LogP) is 4.95. The first-order valence-corrected chi connectivity index (χ1v) is 8.07. The minimum Gasteiger partial charge on any atom is -0.310 e. The molecule has 0 bridgehead atoms. The zero-order valence-corrected chi connectivity index (χ0v) is 13.7. The van der Waals surface area contributed by atoms with Crippen LogP contribution in [-0.2, 0) is 6.42 Å². The third-order valence-corrected chi connectivity index (χ3v) is 5.00. The summed E-state index contributed by atoms with van der Waals surface area (Å²) in [4.78, 5) is 0. The maximum absolute atomic E-state index is 6.54. The van der Waals surface area contributed by atoms with Crippen LogP contribution in [0.2, 0.25) is 5.02 Å². The van der Waals surface area contributed by atoms with E-state index in [0.29, 0.717) is 12.0 Å². The van der Waals surface area contributed by atoms with Gasteiger partial charge in [-0.15, -0.1) is 0 Å². The Labute approximate surface area is 132 Å². The first-order valence-electron chi connectivity index (χ1n) is 7.69. The molecule has 0 spiro atoms. The fourth-order valence-electron chi connectivity index (χ4n) is 3.33. The van der Waals surface area contributed by atoms with Crippen molar-refractivity contribution in [2.75, 3.05) is 6.54 Å². The van der Waals surface area contributed by atoms with Gasteiger partial charge in [0.2, 0.25) is 0 Å². The molecule has 0 heterocycles. The summed E-state index contributed by atoms with van der Waals surface area (Å²) in [5, 5.41) is 4.53. The van der Waals surface area contributed by atoms with Crippen LogP contribution in [0, 0.1) is 13.8 Å². The van der Waals surface area contributed by atoms with Crippen LogP contribution >= 0.6 is 11.6 Å². The van der Waals surface area contributed by atoms with Crippen molar-refractivity contribution in [2.24, 2.45) is 0 Å². The summed E-state index contributed by atoms with van der Waals surface area (Å²) in [5.41, 5.74) is 6.75. The van der Waals surface area contributed by atoms with E-state index in [1.54, 1.807) is 0 Å². The quantitative estimate of drug-likeness (QED) is 0.842.